The van der Waals surface area contributed by atoms with Crippen LogP contribution < -0.4 is 11.1 Å². The second-order valence-corrected chi connectivity index (χ2v) is 5.72. The number of alkyl halides is 3. The summed E-state index contributed by atoms with van der Waals surface area (Å²) in [6, 6.07) is 7.90. The van der Waals surface area contributed by atoms with Gasteiger partial charge in [0.1, 0.15) is 5.71 Å². The molecule has 4 nitrogen and oxygen atoms in total. The first-order chi connectivity index (χ1) is 12.7. The topological polar surface area (TPSA) is 67.5 Å². The Hall–Kier alpha value is -3.23. The van der Waals surface area contributed by atoms with Gasteiger partial charge in [-0.25, -0.2) is 8.78 Å². The van der Waals surface area contributed by atoms with E-state index in [1.54, 1.807) is 0 Å². The van der Waals surface area contributed by atoms with E-state index in [1.165, 1.54) is 18.2 Å². The van der Waals surface area contributed by atoms with E-state index in [0.29, 0.717) is 0 Å². The first-order valence-corrected chi connectivity index (χ1v) is 7.61. The van der Waals surface area contributed by atoms with Crippen LogP contribution in [0.1, 0.15) is 5.56 Å². The number of nitrogens with two attached hydrogens (primary N) is 1. The number of carbonyl (C=O) groups excluding carboxylic acids is 1. The Morgan fingerprint density at radius 3 is 2.41 bits per heavy atom. The Balaban J connectivity index is 2.33. The van der Waals surface area contributed by atoms with Gasteiger partial charge in [0.05, 0.1) is 0 Å². The highest BCUT2D eigenvalue weighted by Gasteiger charge is 2.62. The van der Waals surface area contributed by atoms with Crippen molar-refractivity contribution in [2.24, 2.45) is 10.7 Å². The van der Waals surface area contributed by atoms with E-state index < -0.39 is 40.5 Å². The number of benzene rings is 2. The molecule has 140 valence electrons. The molecule has 2 aromatic rings. The van der Waals surface area contributed by atoms with Crippen LogP contribution in [0.15, 0.2) is 59.9 Å². The number of aliphatic imine (C=N–C) groups is 1. The van der Waals surface area contributed by atoms with E-state index in [4.69, 9.17) is 5.73 Å². The highest BCUT2D eigenvalue weighted by molar-refractivity contribution is 6.42. The largest absolute Gasteiger partial charge is 0.421 e. The van der Waals surface area contributed by atoms with Crippen molar-refractivity contribution in [2.45, 2.75) is 11.7 Å². The molecule has 1 aliphatic rings. The predicted molar refractivity (Wildman–Crippen MR) is 88.4 cm³/mol. The van der Waals surface area contributed by atoms with E-state index in [9.17, 15) is 26.7 Å². The van der Waals surface area contributed by atoms with Crippen LogP contribution in [-0.2, 0) is 10.3 Å². The Bertz CT molecular complexity index is 968. The fraction of sp³-hybridized carbons (Fsp3) is 0.111. The number of hydrogen-bond donors (Lipinski definition) is 2. The van der Waals surface area contributed by atoms with Crippen LogP contribution in [0.3, 0.4) is 0 Å². The number of rotatable bonds is 3. The van der Waals surface area contributed by atoms with E-state index in [2.05, 4.69) is 10.3 Å². The molecule has 3 N–H and O–H groups in total. The van der Waals surface area contributed by atoms with Crippen LogP contribution in [0.4, 0.5) is 22.0 Å². The summed E-state index contributed by atoms with van der Waals surface area (Å²) in [5.74, 6) is -3.73. The lowest BCUT2D eigenvalue weighted by Crippen LogP contribution is -2.62. The summed E-state index contributed by atoms with van der Waals surface area (Å²) in [5, 5.41) is 2.15. The van der Waals surface area contributed by atoms with Gasteiger partial charge in [0.25, 0.3) is 5.91 Å². The Labute approximate surface area is 150 Å². The maximum atomic E-state index is 14.2. The van der Waals surface area contributed by atoms with Crippen molar-refractivity contribution in [3.8, 4) is 11.1 Å². The summed E-state index contributed by atoms with van der Waals surface area (Å²) in [4.78, 5) is 15.3. The molecule has 9 heteroatoms. The fourth-order valence-electron chi connectivity index (χ4n) is 2.99. The molecule has 0 saturated carbocycles. The molecular formula is C18H12F5N3O. The average Bonchev–Trinajstić information content (AvgIpc) is 2.63. The Morgan fingerprint density at radius 1 is 1.07 bits per heavy atom. The predicted octanol–water partition coefficient (Wildman–Crippen LogP) is 3.39. The minimum absolute atomic E-state index is 0.00621. The zero-order chi connectivity index (χ0) is 19.8. The third-order valence-electron chi connectivity index (χ3n) is 4.15. The van der Waals surface area contributed by atoms with Crippen LogP contribution in [-0.4, -0.2) is 17.8 Å². The van der Waals surface area contributed by atoms with Gasteiger partial charge in [-0.3, -0.25) is 9.79 Å². The zero-order valence-corrected chi connectivity index (χ0v) is 13.5. The fourth-order valence-corrected chi connectivity index (χ4v) is 2.99. The SMILES string of the molecule is NC(=O)C1=NC=CNC1(c1ccccc1-c1ccc(F)c(F)c1)C(F)(F)F. The number of amides is 1. The number of nitrogens with one attached hydrogen (secondary N) is 1. The maximum Gasteiger partial charge on any atom is 0.421 e. The Kier molecular flexibility index (Phi) is 4.46. The average molecular weight is 381 g/mol. The first-order valence-electron chi connectivity index (χ1n) is 7.61. The molecule has 3 rings (SSSR count). The minimum atomic E-state index is -5.03. The van der Waals surface area contributed by atoms with Gasteiger partial charge in [-0.15, -0.1) is 0 Å². The summed E-state index contributed by atoms with van der Waals surface area (Å²) in [7, 11) is 0. The third kappa shape index (κ3) is 2.94. The number of hydrogen-bond acceptors (Lipinski definition) is 3. The van der Waals surface area contributed by atoms with E-state index >= 15 is 0 Å². The molecule has 1 heterocycles. The molecule has 2 aromatic carbocycles. The molecule has 0 saturated heterocycles. The van der Waals surface area contributed by atoms with Crippen molar-refractivity contribution in [1.82, 2.24) is 5.32 Å². The molecule has 0 spiro atoms. The zero-order valence-electron chi connectivity index (χ0n) is 13.5. The minimum Gasteiger partial charge on any atom is -0.368 e. The molecule has 0 radical (unpaired) electrons. The van der Waals surface area contributed by atoms with Crippen LogP contribution in [0.25, 0.3) is 11.1 Å². The highest BCUT2D eigenvalue weighted by atomic mass is 19.4. The lowest BCUT2D eigenvalue weighted by molar-refractivity contribution is -0.176. The molecule has 0 bridgehead atoms. The van der Waals surface area contributed by atoms with Gasteiger partial charge in [-0.05, 0) is 23.3 Å². The van der Waals surface area contributed by atoms with Crippen LogP contribution >= 0.6 is 0 Å². The molecule has 0 fully saturated rings. The third-order valence-corrected chi connectivity index (χ3v) is 4.15. The highest BCUT2D eigenvalue weighted by Crippen LogP contribution is 2.45. The lowest BCUT2D eigenvalue weighted by Gasteiger charge is -2.38. The molecule has 1 atom stereocenters. The van der Waals surface area contributed by atoms with Gasteiger partial charge in [-0.2, -0.15) is 13.2 Å². The summed E-state index contributed by atoms with van der Waals surface area (Å²) < 4.78 is 69.5. The standard InChI is InChI=1S/C18H12F5N3O/c19-13-6-5-10(9-14(13)20)11-3-1-2-4-12(11)17(18(21,22)23)15(16(24)27)25-7-8-26-17/h1-9,26H,(H2,24,27). The molecule has 27 heavy (non-hydrogen) atoms. The van der Waals surface area contributed by atoms with Crippen molar-refractivity contribution in [2.75, 3.05) is 0 Å². The summed E-state index contributed by atoms with van der Waals surface area (Å²) in [5.41, 5.74) is 0.648. The molecule has 0 aliphatic carbocycles. The molecule has 0 aromatic heterocycles. The number of primary amides is 1. The summed E-state index contributed by atoms with van der Waals surface area (Å²) in [6.45, 7) is 0. The maximum absolute atomic E-state index is 14.2. The van der Waals surface area contributed by atoms with Gasteiger partial charge in [0.15, 0.2) is 11.6 Å². The van der Waals surface area contributed by atoms with Gasteiger partial charge < -0.3 is 11.1 Å². The second-order valence-electron chi connectivity index (χ2n) is 5.72. The van der Waals surface area contributed by atoms with Gasteiger partial charge in [0, 0.05) is 18.0 Å². The van der Waals surface area contributed by atoms with Gasteiger partial charge in [0.2, 0.25) is 5.54 Å². The van der Waals surface area contributed by atoms with Crippen molar-refractivity contribution in [1.29, 1.82) is 0 Å². The van der Waals surface area contributed by atoms with E-state index in [-0.39, 0.29) is 11.1 Å². The summed E-state index contributed by atoms with van der Waals surface area (Å²) in [6.07, 6.45) is -3.12. The Morgan fingerprint density at radius 2 is 1.78 bits per heavy atom. The van der Waals surface area contributed by atoms with Crippen molar-refractivity contribution in [3.05, 3.63) is 72.1 Å². The molecule has 1 amide bonds. The molecular weight excluding hydrogens is 369 g/mol. The number of halogens is 5. The van der Waals surface area contributed by atoms with Crippen molar-refractivity contribution >= 4 is 11.6 Å². The smallest absolute Gasteiger partial charge is 0.368 e. The second kappa shape index (κ2) is 6.49. The summed E-state index contributed by atoms with van der Waals surface area (Å²) >= 11 is 0. The normalized spacial score (nSPS) is 19.4. The van der Waals surface area contributed by atoms with Gasteiger partial charge >= 0.3 is 6.18 Å². The number of carbonyl (C=O) groups is 1. The quantitative estimate of drug-likeness (QED) is 0.801. The molecule has 1 aliphatic heterocycles. The van der Waals surface area contributed by atoms with Crippen LogP contribution in [0.5, 0.6) is 0 Å². The van der Waals surface area contributed by atoms with Crippen LogP contribution in [0, 0.1) is 11.6 Å². The first kappa shape index (κ1) is 18.6. The van der Waals surface area contributed by atoms with E-state index in [1.807, 2.05) is 0 Å². The monoisotopic (exact) mass is 381 g/mol. The van der Waals surface area contributed by atoms with Crippen molar-refractivity contribution < 1.29 is 26.7 Å². The molecule has 1 unspecified atom stereocenters. The van der Waals surface area contributed by atoms with Crippen molar-refractivity contribution in [3.63, 3.8) is 0 Å². The van der Waals surface area contributed by atoms with Crippen LogP contribution in [0.2, 0.25) is 0 Å². The van der Waals surface area contributed by atoms with E-state index in [0.717, 1.165) is 36.7 Å². The lowest BCUT2D eigenvalue weighted by atomic mass is 9.79. The number of nitrogens with zero attached hydrogens (tertiary/aromatic N) is 1. The van der Waals surface area contributed by atoms with Gasteiger partial charge in [-0.1, -0.05) is 30.3 Å².